The lowest BCUT2D eigenvalue weighted by Crippen LogP contribution is -2.30. The van der Waals surface area contributed by atoms with E-state index in [2.05, 4.69) is 10.5 Å². The highest BCUT2D eigenvalue weighted by molar-refractivity contribution is 6.31. The second-order valence-corrected chi connectivity index (χ2v) is 4.85. The van der Waals surface area contributed by atoms with E-state index < -0.39 is 5.82 Å². The van der Waals surface area contributed by atoms with E-state index in [0.717, 1.165) is 11.4 Å². The fraction of sp³-hybridized carbons (Fsp3) is 0.308. The van der Waals surface area contributed by atoms with Crippen molar-refractivity contribution in [2.75, 3.05) is 0 Å². The topological polar surface area (TPSA) is 55.9 Å². The Morgan fingerprint density at radius 3 is 2.84 bits per heavy atom. The minimum absolute atomic E-state index is 0.101. The third-order valence-corrected chi connectivity index (χ3v) is 3.47. The van der Waals surface area contributed by atoms with Gasteiger partial charge in [0.2, 0.25) is 0 Å². The molecule has 4 nitrogen and oxygen atoms in total. The molecule has 0 saturated heterocycles. The molecule has 0 spiro atoms. The van der Waals surface area contributed by atoms with Crippen molar-refractivity contribution in [3.63, 3.8) is 0 Å². The fourth-order valence-corrected chi connectivity index (χ4v) is 2.37. The average molecular weight is 283 g/mol. The molecule has 1 aromatic heterocycles. The number of hydrogen-bond acceptors (Lipinski definition) is 3. The monoisotopic (exact) mass is 282 g/mol. The average Bonchev–Trinajstić information content (AvgIpc) is 2.68. The molecule has 3 N–H and O–H groups in total. The summed E-state index contributed by atoms with van der Waals surface area (Å²) in [6.07, 6.45) is 0.580. The van der Waals surface area contributed by atoms with Crippen LogP contribution in [0.1, 0.15) is 23.0 Å². The van der Waals surface area contributed by atoms with Gasteiger partial charge >= 0.3 is 0 Å². The molecular weight excluding hydrogens is 267 g/mol. The Morgan fingerprint density at radius 2 is 2.26 bits per heavy atom. The van der Waals surface area contributed by atoms with Gasteiger partial charge in [-0.2, -0.15) is 5.10 Å². The molecule has 1 heterocycles. The van der Waals surface area contributed by atoms with E-state index in [4.69, 9.17) is 17.4 Å². The van der Waals surface area contributed by atoms with Crippen LogP contribution in [0.5, 0.6) is 0 Å². The lowest BCUT2D eigenvalue weighted by molar-refractivity contribution is 0.525. The van der Waals surface area contributed by atoms with Crippen molar-refractivity contribution in [2.24, 2.45) is 12.9 Å². The van der Waals surface area contributed by atoms with E-state index in [9.17, 15) is 4.39 Å². The molecule has 0 aliphatic heterocycles. The molecule has 1 unspecified atom stereocenters. The van der Waals surface area contributed by atoms with Crippen molar-refractivity contribution in [3.8, 4) is 0 Å². The second-order valence-electron chi connectivity index (χ2n) is 4.47. The van der Waals surface area contributed by atoms with Crippen LogP contribution in [0.25, 0.3) is 0 Å². The molecule has 0 aliphatic carbocycles. The van der Waals surface area contributed by atoms with Crippen LogP contribution in [0.15, 0.2) is 24.3 Å². The Morgan fingerprint density at radius 1 is 1.53 bits per heavy atom. The van der Waals surface area contributed by atoms with E-state index in [1.165, 1.54) is 6.07 Å². The molecule has 0 amide bonds. The number of benzene rings is 1. The molecule has 0 saturated carbocycles. The smallest absolute Gasteiger partial charge is 0.142 e. The van der Waals surface area contributed by atoms with Crippen LogP contribution in [-0.2, 0) is 13.5 Å². The zero-order valence-electron chi connectivity index (χ0n) is 10.8. The first-order chi connectivity index (χ1) is 9.02. The number of nitrogens with two attached hydrogens (primary N) is 1. The van der Waals surface area contributed by atoms with Gasteiger partial charge in [-0.3, -0.25) is 16.0 Å². The van der Waals surface area contributed by atoms with Crippen LogP contribution >= 0.6 is 11.6 Å². The van der Waals surface area contributed by atoms with Gasteiger partial charge in [-0.15, -0.1) is 0 Å². The number of aryl methyl sites for hydroxylation is 2. The second kappa shape index (κ2) is 5.69. The van der Waals surface area contributed by atoms with Gasteiger partial charge in [-0.25, -0.2) is 4.39 Å². The fourth-order valence-electron chi connectivity index (χ4n) is 2.11. The first-order valence-corrected chi connectivity index (χ1v) is 6.30. The Bertz CT molecular complexity index is 582. The summed E-state index contributed by atoms with van der Waals surface area (Å²) < 4.78 is 15.3. The molecular formula is C13H16ClFN4. The van der Waals surface area contributed by atoms with Gasteiger partial charge in [-0.05, 0) is 24.6 Å². The van der Waals surface area contributed by atoms with E-state index in [-0.39, 0.29) is 11.1 Å². The van der Waals surface area contributed by atoms with E-state index >= 15 is 0 Å². The molecule has 2 aromatic rings. The molecule has 0 fully saturated rings. The quantitative estimate of drug-likeness (QED) is 0.668. The summed E-state index contributed by atoms with van der Waals surface area (Å²) in [5.41, 5.74) is 5.25. The highest BCUT2D eigenvalue weighted by Gasteiger charge is 2.18. The molecule has 1 atom stereocenters. The number of hydrazine groups is 1. The van der Waals surface area contributed by atoms with Gasteiger partial charge in [0.25, 0.3) is 0 Å². The largest absolute Gasteiger partial charge is 0.272 e. The van der Waals surface area contributed by atoms with Crippen LogP contribution in [0.3, 0.4) is 0 Å². The van der Waals surface area contributed by atoms with Crippen LogP contribution in [0, 0.1) is 12.7 Å². The minimum Gasteiger partial charge on any atom is -0.272 e. The Balaban J connectivity index is 2.30. The highest BCUT2D eigenvalue weighted by atomic mass is 35.5. The maximum absolute atomic E-state index is 13.5. The lowest BCUT2D eigenvalue weighted by Gasteiger charge is -2.18. The van der Waals surface area contributed by atoms with Gasteiger partial charge in [-0.1, -0.05) is 23.7 Å². The van der Waals surface area contributed by atoms with Crippen molar-refractivity contribution in [1.29, 1.82) is 0 Å². The normalized spacial score (nSPS) is 12.7. The Kier molecular flexibility index (Phi) is 4.19. The third kappa shape index (κ3) is 2.94. The summed E-state index contributed by atoms with van der Waals surface area (Å²) in [5, 5.41) is 4.37. The molecule has 1 aromatic carbocycles. The van der Waals surface area contributed by atoms with Crippen molar-refractivity contribution < 1.29 is 4.39 Å². The van der Waals surface area contributed by atoms with Gasteiger partial charge < -0.3 is 0 Å². The standard InChI is InChI=1S/C13H16ClFN4/c1-8-6-9(19(2)18-8)7-12(17-16)10-4-3-5-11(15)13(10)14/h3-6,12,17H,7,16H2,1-2H3. The van der Waals surface area contributed by atoms with Crippen LogP contribution in [0.2, 0.25) is 5.02 Å². The molecule has 2 rings (SSSR count). The van der Waals surface area contributed by atoms with Gasteiger partial charge in [0.15, 0.2) is 0 Å². The molecule has 0 bridgehead atoms. The zero-order valence-corrected chi connectivity index (χ0v) is 11.6. The third-order valence-electron chi connectivity index (χ3n) is 3.07. The van der Waals surface area contributed by atoms with E-state index in [1.54, 1.807) is 16.8 Å². The summed E-state index contributed by atoms with van der Waals surface area (Å²) in [6.45, 7) is 1.92. The summed E-state index contributed by atoms with van der Waals surface area (Å²) in [6, 6.07) is 6.41. The molecule has 0 radical (unpaired) electrons. The number of nitrogens with one attached hydrogen (secondary N) is 1. The molecule has 19 heavy (non-hydrogen) atoms. The number of aromatic nitrogens is 2. The number of nitrogens with zero attached hydrogens (tertiary/aromatic N) is 2. The zero-order chi connectivity index (χ0) is 14.0. The Labute approximate surface area is 116 Å². The molecule has 6 heteroatoms. The minimum atomic E-state index is -0.444. The molecule has 0 aliphatic rings. The van der Waals surface area contributed by atoms with Crippen molar-refractivity contribution in [3.05, 3.63) is 52.1 Å². The Hall–Kier alpha value is -1.43. The highest BCUT2D eigenvalue weighted by Crippen LogP contribution is 2.27. The summed E-state index contributed by atoms with van der Waals surface area (Å²) in [5.74, 6) is 5.12. The predicted molar refractivity (Wildman–Crippen MR) is 73.1 cm³/mol. The van der Waals surface area contributed by atoms with Crippen LogP contribution in [0.4, 0.5) is 4.39 Å². The van der Waals surface area contributed by atoms with Crippen LogP contribution in [-0.4, -0.2) is 9.78 Å². The summed E-state index contributed by atoms with van der Waals surface area (Å²) >= 11 is 5.98. The summed E-state index contributed by atoms with van der Waals surface area (Å²) in [4.78, 5) is 0. The first-order valence-electron chi connectivity index (χ1n) is 5.92. The predicted octanol–water partition coefficient (Wildman–Crippen LogP) is 2.27. The summed E-state index contributed by atoms with van der Waals surface area (Å²) in [7, 11) is 1.86. The van der Waals surface area contributed by atoms with Crippen molar-refractivity contribution in [1.82, 2.24) is 15.2 Å². The van der Waals surface area contributed by atoms with Crippen molar-refractivity contribution >= 4 is 11.6 Å². The SMILES string of the molecule is Cc1cc(CC(NN)c2cccc(F)c2Cl)n(C)n1. The number of rotatable bonds is 4. The van der Waals surface area contributed by atoms with Crippen LogP contribution < -0.4 is 11.3 Å². The van der Waals surface area contributed by atoms with Gasteiger partial charge in [0.05, 0.1) is 16.8 Å². The van der Waals surface area contributed by atoms with E-state index in [0.29, 0.717) is 12.0 Å². The number of halogens is 2. The first kappa shape index (κ1) is 14.0. The van der Waals surface area contributed by atoms with Gasteiger partial charge in [0, 0.05) is 19.2 Å². The van der Waals surface area contributed by atoms with E-state index in [1.807, 2.05) is 20.0 Å². The number of hydrogen-bond donors (Lipinski definition) is 2. The molecule has 102 valence electrons. The maximum Gasteiger partial charge on any atom is 0.142 e. The maximum atomic E-state index is 13.5. The van der Waals surface area contributed by atoms with Crippen molar-refractivity contribution in [2.45, 2.75) is 19.4 Å². The lowest BCUT2D eigenvalue weighted by atomic mass is 10.0. The van der Waals surface area contributed by atoms with Gasteiger partial charge in [0.1, 0.15) is 5.82 Å².